The SMILES string of the molecule is Nc1ccn([C@@H]2O[C@H](CO)C(=C(F)F)[C@H]2O)c(=O)n1. The maximum absolute atomic E-state index is 12.7. The van der Waals surface area contributed by atoms with Crippen molar-refractivity contribution >= 4 is 5.82 Å². The molecule has 0 aromatic carbocycles. The molecule has 3 atom stereocenters. The minimum Gasteiger partial charge on any atom is -0.393 e. The molecule has 0 radical (unpaired) electrons. The summed E-state index contributed by atoms with van der Waals surface area (Å²) in [6, 6.07) is 1.26. The molecule has 104 valence electrons. The van der Waals surface area contributed by atoms with E-state index in [0.29, 0.717) is 0 Å². The summed E-state index contributed by atoms with van der Waals surface area (Å²) in [5, 5.41) is 18.7. The number of halogens is 2. The van der Waals surface area contributed by atoms with Crippen LogP contribution in [0.25, 0.3) is 0 Å². The van der Waals surface area contributed by atoms with Crippen molar-refractivity contribution in [2.75, 3.05) is 12.3 Å². The second-order valence-electron chi connectivity index (χ2n) is 3.90. The molecule has 0 unspecified atom stereocenters. The molecule has 1 saturated heterocycles. The van der Waals surface area contributed by atoms with E-state index >= 15 is 0 Å². The first kappa shape index (κ1) is 13.6. The zero-order chi connectivity index (χ0) is 14.2. The van der Waals surface area contributed by atoms with Gasteiger partial charge in [-0.2, -0.15) is 13.8 Å². The van der Waals surface area contributed by atoms with Crippen LogP contribution in [-0.2, 0) is 4.74 Å². The maximum atomic E-state index is 12.7. The summed E-state index contributed by atoms with van der Waals surface area (Å²) in [6.07, 6.45) is -5.47. The first-order valence-electron chi connectivity index (χ1n) is 5.29. The van der Waals surface area contributed by atoms with Crippen LogP contribution in [0.2, 0.25) is 0 Å². The quantitative estimate of drug-likeness (QED) is 0.653. The lowest BCUT2D eigenvalue weighted by Crippen LogP contribution is -2.32. The van der Waals surface area contributed by atoms with Gasteiger partial charge in [0.15, 0.2) is 6.23 Å². The summed E-state index contributed by atoms with van der Waals surface area (Å²) >= 11 is 0. The highest BCUT2D eigenvalue weighted by molar-refractivity contribution is 5.25. The van der Waals surface area contributed by atoms with Crippen LogP contribution >= 0.6 is 0 Å². The highest BCUT2D eigenvalue weighted by atomic mass is 19.3. The van der Waals surface area contributed by atoms with Crippen LogP contribution in [0.4, 0.5) is 14.6 Å². The van der Waals surface area contributed by atoms with Crippen LogP contribution < -0.4 is 11.4 Å². The molecule has 19 heavy (non-hydrogen) atoms. The Kier molecular flexibility index (Phi) is 3.60. The Morgan fingerprint density at radius 1 is 1.58 bits per heavy atom. The molecule has 7 nitrogen and oxygen atoms in total. The first-order valence-corrected chi connectivity index (χ1v) is 5.29. The van der Waals surface area contributed by atoms with E-state index in [2.05, 4.69) is 4.98 Å². The Morgan fingerprint density at radius 3 is 2.74 bits per heavy atom. The predicted molar refractivity (Wildman–Crippen MR) is 59.2 cm³/mol. The van der Waals surface area contributed by atoms with Gasteiger partial charge >= 0.3 is 5.69 Å². The summed E-state index contributed by atoms with van der Waals surface area (Å²) in [6.45, 7) is -0.739. The lowest BCUT2D eigenvalue weighted by atomic mass is 10.1. The molecule has 9 heteroatoms. The number of anilines is 1. The highest BCUT2D eigenvalue weighted by Gasteiger charge is 2.43. The summed E-state index contributed by atoms with van der Waals surface area (Å²) in [5.41, 5.74) is 3.71. The summed E-state index contributed by atoms with van der Waals surface area (Å²) in [4.78, 5) is 15.0. The number of ether oxygens (including phenoxy) is 1. The number of aromatic nitrogens is 2. The van der Waals surface area contributed by atoms with Gasteiger partial charge in [-0.1, -0.05) is 0 Å². The number of nitrogens with zero attached hydrogens (tertiary/aromatic N) is 2. The zero-order valence-corrected chi connectivity index (χ0v) is 9.53. The summed E-state index contributed by atoms with van der Waals surface area (Å²) < 4.78 is 31.3. The van der Waals surface area contributed by atoms with Crippen molar-refractivity contribution in [2.45, 2.75) is 18.4 Å². The van der Waals surface area contributed by atoms with Gasteiger partial charge in [-0.05, 0) is 6.07 Å². The molecule has 0 amide bonds. The highest BCUT2D eigenvalue weighted by Crippen LogP contribution is 2.35. The van der Waals surface area contributed by atoms with E-state index in [1.165, 1.54) is 12.3 Å². The first-order chi connectivity index (χ1) is 8.95. The van der Waals surface area contributed by atoms with Crippen molar-refractivity contribution in [2.24, 2.45) is 0 Å². The van der Waals surface area contributed by atoms with Crippen LogP contribution in [0, 0.1) is 0 Å². The molecule has 0 spiro atoms. The Morgan fingerprint density at radius 2 is 2.26 bits per heavy atom. The molecule has 1 aromatic rings. The molecular weight excluding hydrogens is 264 g/mol. The molecular formula is C10H11F2N3O4. The van der Waals surface area contributed by atoms with Gasteiger partial charge in [0, 0.05) is 6.20 Å². The Bertz CT molecular complexity index is 570. The molecule has 0 saturated carbocycles. The predicted octanol–water partition coefficient (Wildman–Crippen LogP) is -0.773. The molecule has 1 aliphatic rings. The third kappa shape index (κ3) is 2.35. The van der Waals surface area contributed by atoms with Crippen LogP contribution in [-0.4, -0.2) is 38.6 Å². The van der Waals surface area contributed by atoms with Crippen LogP contribution in [0.1, 0.15) is 6.23 Å². The Hall–Kier alpha value is -1.84. The zero-order valence-electron chi connectivity index (χ0n) is 9.53. The smallest absolute Gasteiger partial charge is 0.351 e. The van der Waals surface area contributed by atoms with E-state index < -0.39 is 42.4 Å². The van der Waals surface area contributed by atoms with E-state index in [0.717, 1.165) is 4.57 Å². The van der Waals surface area contributed by atoms with Crippen molar-refractivity contribution in [1.82, 2.24) is 9.55 Å². The molecule has 2 rings (SSSR count). The summed E-state index contributed by atoms with van der Waals surface area (Å²) in [5.74, 6) is -0.0418. The topological polar surface area (TPSA) is 111 Å². The van der Waals surface area contributed by atoms with Crippen molar-refractivity contribution in [3.8, 4) is 0 Å². The molecule has 1 aliphatic heterocycles. The van der Waals surface area contributed by atoms with Crippen molar-refractivity contribution in [3.63, 3.8) is 0 Å². The van der Waals surface area contributed by atoms with Crippen LogP contribution in [0.15, 0.2) is 28.7 Å². The van der Waals surface area contributed by atoms with Gasteiger partial charge in [-0.25, -0.2) is 4.79 Å². The minimum atomic E-state index is -2.15. The molecule has 4 N–H and O–H groups in total. The number of nitrogen functional groups attached to an aromatic ring is 1. The second-order valence-corrected chi connectivity index (χ2v) is 3.90. The second kappa shape index (κ2) is 5.03. The van der Waals surface area contributed by atoms with E-state index in [1.54, 1.807) is 0 Å². The number of nitrogens with two attached hydrogens (primary N) is 1. The molecule has 0 bridgehead atoms. The Balaban J connectivity index is 2.43. The number of aliphatic hydroxyl groups is 2. The van der Waals surface area contributed by atoms with E-state index in [-0.39, 0.29) is 5.82 Å². The average molecular weight is 275 g/mol. The van der Waals surface area contributed by atoms with Gasteiger partial charge in [0.2, 0.25) is 0 Å². The maximum Gasteiger partial charge on any atom is 0.351 e. The molecule has 2 heterocycles. The average Bonchev–Trinajstić information content (AvgIpc) is 2.66. The van der Waals surface area contributed by atoms with Crippen LogP contribution in [0.3, 0.4) is 0 Å². The van der Waals surface area contributed by atoms with Gasteiger partial charge in [0.05, 0.1) is 12.2 Å². The van der Waals surface area contributed by atoms with Gasteiger partial charge in [-0.3, -0.25) is 4.57 Å². The molecule has 0 aliphatic carbocycles. The summed E-state index contributed by atoms with van der Waals surface area (Å²) in [7, 11) is 0. The van der Waals surface area contributed by atoms with E-state index in [1.807, 2.05) is 0 Å². The van der Waals surface area contributed by atoms with Gasteiger partial charge in [-0.15, -0.1) is 0 Å². The molecule has 1 fully saturated rings. The van der Waals surface area contributed by atoms with E-state index in [4.69, 9.17) is 15.6 Å². The monoisotopic (exact) mass is 275 g/mol. The standard InChI is InChI=1S/C10H11F2N3O4/c11-8(12)6-4(3-16)19-9(7(6)17)15-2-1-5(13)14-10(15)18/h1-2,4,7,9,16-17H,3H2,(H2,13,14,18)/t4-,7-,9-/m1/s1. The van der Waals surface area contributed by atoms with Gasteiger partial charge in [0.25, 0.3) is 6.08 Å². The van der Waals surface area contributed by atoms with Crippen molar-refractivity contribution < 1.29 is 23.7 Å². The number of hydrogen-bond acceptors (Lipinski definition) is 6. The van der Waals surface area contributed by atoms with Gasteiger partial charge < -0.3 is 20.7 Å². The van der Waals surface area contributed by atoms with Gasteiger partial charge in [0.1, 0.15) is 18.0 Å². The molecule has 1 aromatic heterocycles. The number of hydrogen-bond donors (Lipinski definition) is 3. The largest absolute Gasteiger partial charge is 0.393 e. The lowest BCUT2D eigenvalue weighted by molar-refractivity contribution is -0.0527. The third-order valence-corrected chi connectivity index (χ3v) is 2.75. The third-order valence-electron chi connectivity index (χ3n) is 2.75. The fourth-order valence-electron chi connectivity index (χ4n) is 1.87. The fraction of sp³-hybridized carbons (Fsp3) is 0.400. The van der Waals surface area contributed by atoms with Crippen LogP contribution in [0.5, 0.6) is 0 Å². The normalized spacial score (nSPS) is 26.7. The minimum absolute atomic E-state index is 0.0418. The lowest BCUT2D eigenvalue weighted by Gasteiger charge is -2.16. The number of aliphatic hydroxyl groups excluding tert-OH is 2. The Labute approximate surface area is 105 Å². The van der Waals surface area contributed by atoms with Crippen molar-refractivity contribution in [3.05, 3.63) is 34.4 Å². The van der Waals surface area contributed by atoms with E-state index in [9.17, 15) is 18.7 Å². The number of rotatable bonds is 2. The fourth-order valence-corrected chi connectivity index (χ4v) is 1.87. The van der Waals surface area contributed by atoms with Crippen molar-refractivity contribution in [1.29, 1.82) is 0 Å².